The van der Waals surface area contributed by atoms with Crippen molar-refractivity contribution in [2.45, 2.75) is 19.9 Å². The monoisotopic (exact) mass is 303 g/mol. The largest absolute Gasteiger partial charge is 0.483 e. The molecule has 0 saturated heterocycles. The lowest BCUT2D eigenvalue weighted by atomic mass is 10.1. The Morgan fingerprint density at radius 3 is 2.67 bits per heavy atom. The molecule has 1 aromatic heterocycles. The van der Waals surface area contributed by atoms with Crippen molar-refractivity contribution in [2.75, 3.05) is 6.61 Å². The zero-order chi connectivity index (χ0) is 15.2. The fourth-order valence-electron chi connectivity index (χ4n) is 1.92. The van der Waals surface area contributed by atoms with Crippen molar-refractivity contribution in [3.05, 3.63) is 52.2 Å². The van der Waals surface area contributed by atoms with E-state index in [9.17, 15) is 9.59 Å². The van der Waals surface area contributed by atoms with Crippen LogP contribution >= 0.6 is 11.3 Å². The number of amides is 1. The number of ether oxygens (including phenoxy) is 1. The highest BCUT2D eigenvalue weighted by Gasteiger charge is 2.12. The number of Topliss-reactive ketones (excluding diaryl/α,β-unsaturated/α-hetero) is 1. The van der Waals surface area contributed by atoms with Gasteiger partial charge < -0.3 is 10.1 Å². The highest BCUT2D eigenvalue weighted by Crippen LogP contribution is 2.19. The van der Waals surface area contributed by atoms with E-state index in [0.717, 1.165) is 4.88 Å². The maximum atomic E-state index is 11.9. The van der Waals surface area contributed by atoms with E-state index in [1.54, 1.807) is 35.6 Å². The molecule has 0 spiro atoms. The van der Waals surface area contributed by atoms with Crippen molar-refractivity contribution in [3.63, 3.8) is 0 Å². The molecule has 0 fully saturated rings. The Kier molecular flexibility index (Phi) is 5.11. The number of benzene rings is 1. The number of carbonyl (C=O) groups is 2. The van der Waals surface area contributed by atoms with Crippen LogP contribution in [0.4, 0.5) is 0 Å². The molecule has 0 aliphatic rings. The van der Waals surface area contributed by atoms with E-state index in [-0.39, 0.29) is 24.3 Å². The highest BCUT2D eigenvalue weighted by molar-refractivity contribution is 7.10. The minimum absolute atomic E-state index is 0.0517. The van der Waals surface area contributed by atoms with Crippen molar-refractivity contribution in [2.24, 2.45) is 0 Å². The number of ketones is 1. The lowest BCUT2D eigenvalue weighted by Crippen LogP contribution is -2.31. The predicted octanol–water partition coefficient (Wildman–Crippen LogP) is 3.21. The first-order chi connectivity index (χ1) is 10.1. The van der Waals surface area contributed by atoms with Gasteiger partial charge in [-0.15, -0.1) is 11.3 Å². The van der Waals surface area contributed by atoms with E-state index < -0.39 is 0 Å². The van der Waals surface area contributed by atoms with Crippen LogP contribution in [0.1, 0.15) is 35.1 Å². The second kappa shape index (κ2) is 7.04. The Balaban J connectivity index is 1.91. The summed E-state index contributed by atoms with van der Waals surface area (Å²) < 4.78 is 5.45. The van der Waals surface area contributed by atoms with Gasteiger partial charge in [-0.3, -0.25) is 9.59 Å². The third kappa shape index (κ3) is 4.16. The average Bonchev–Trinajstić information content (AvgIpc) is 2.99. The second-order valence-corrected chi connectivity index (χ2v) is 5.62. The van der Waals surface area contributed by atoms with Gasteiger partial charge in [0.05, 0.1) is 11.6 Å². The number of thiophene rings is 1. The summed E-state index contributed by atoms with van der Waals surface area (Å²) in [6.45, 7) is 3.29. The predicted molar refractivity (Wildman–Crippen MR) is 82.8 cm³/mol. The molecule has 0 radical (unpaired) electrons. The molecule has 1 heterocycles. The van der Waals surface area contributed by atoms with Crippen molar-refractivity contribution in [1.29, 1.82) is 0 Å². The molecule has 4 nitrogen and oxygen atoms in total. The average molecular weight is 303 g/mol. The van der Waals surface area contributed by atoms with Crippen molar-refractivity contribution in [1.82, 2.24) is 5.32 Å². The van der Waals surface area contributed by atoms with Crippen LogP contribution < -0.4 is 10.1 Å². The fraction of sp³-hybridized carbons (Fsp3) is 0.250. The van der Waals surface area contributed by atoms with Crippen molar-refractivity contribution >= 4 is 23.0 Å². The summed E-state index contributed by atoms with van der Waals surface area (Å²) >= 11 is 1.59. The lowest BCUT2D eigenvalue weighted by Gasteiger charge is -2.13. The maximum Gasteiger partial charge on any atom is 0.258 e. The van der Waals surface area contributed by atoms with Gasteiger partial charge in [0.25, 0.3) is 5.91 Å². The lowest BCUT2D eigenvalue weighted by molar-refractivity contribution is -0.123. The Hall–Kier alpha value is -2.14. The topological polar surface area (TPSA) is 55.4 Å². The summed E-state index contributed by atoms with van der Waals surface area (Å²) in [6.07, 6.45) is 0. The molecule has 2 rings (SSSR count). The van der Waals surface area contributed by atoms with Gasteiger partial charge in [0, 0.05) is 4.88 Å². The van der Waals surface area contributed by atoms with Crippen LogP contribution in [-0.2, 0) is 4.79 Å². The molecule has 1 amide bonds. The zero-order valence-electron chi connectivity index (χ0n) is 12.0. The van der Waals surface area contributed by atoms with Crippen LogP contribution in [0.25, 0.3) is 0 Å². The molecule has 0 bridgehead atoms. The van der Waals surface area contributed by atoms with Crippen LogP contribution in [-0.4, -0.2) is 18.3 Å². The van der Waals surface area contributed by atoms with Gasteiger partial charge in [0.2, 0.25) is 0 Å². The SMILES string of the molecule is CC(=O)c1ccccc1OCC(=O)NC(C)c1cccs1. The first-order valence-electron chi connectivity index (χ1n) is 6.63. The molecule has 1 atom stereocenters. The molecule has 1 N–H and O–H groups in total. The van der Waals surface area contributed by atoms with Gasteiger partial charge >= 0.3 is 0 Å². The van der Waals surface area contributed by atoms with E-state index in [1.807, 2.05) is 24.4 Å². The Morgan fingerprint density at radius 1 is 1.24 bits per heavy atom. The number of hydrogen-bond donors (Lipinski definition) is 1. The summed E-state index contributed by atoms with van der Waals surface area (Å²) in [4.78, 5) is 24.4. The highest BCUT2D eigenvalue weighted by atomic mass is 32.1. The molecule has 110 valence electrons. The minimum Gasteiger partial charge on any atom is -0.483 e. The quantitative estimate of drug-likeness (QED) is 0.834. The third-order valence-electron chi connectivity index (χ3n) is 2.97. The second-order valence-electron chi connectivity index (χ2n) is 4.65. The van der Waals surface area contributed by atoms with Gasteiger partial charge in [0.1, 0.15) is 5.75 Å². The van der Waals surface area contributed by atoms with Crippen LogP contribution in [0.15, 0.2) is 41.8 Å². The molecule has 21 heavy (non-hydrogen) atoms. The molecular weight excluding hydrogens is 286 g/mol. The smallest absolute Gasteiger partial charge is 0.258 e. The van der Waals surface area contributed by atoms with Gasteiger partial charge in [-0.05, 0) is 37.4 Å². The summed E-state index contributed by atoms with van der Waals surface area (Å²) in [7, 11) is 0. The van der Waals surface area contributed by atoms with Crippen molar-refractivity contribution < 1.29 is 14.3 Å². The first-order valence-corrected chi connectivity index (χ1v) is 7.51. The summed E-state index contributed by atoms with van der Waals surface area (Å²) in [5.74, 6) is 0.135. The molecule has 1 aromatic carbocycles. The number of hydrogen-bond acceptors (Lipinski definition) is 4. The molecule has 2 aromatic rings. The minimum atomic E-state index is -0.214. The van der Waals surface area contributed by atoms with Crippen LogP contribution in [0, 0.1) is 0 Å². The van der Waals surface area contributed by atoms with Crippen molar-refractivity contribution in [3.8, 4) is 5.75 Å². The molecular formula is C16H17NO3S. The summed E-state index contributed by atoms with van der Waals surface area (Å²) in [5, 5.41) is 4.83. The summed E-state index contributed by atoms with van der Waals surface area (Å²) in [5.41, 5.74) is 0.483. The van der Waals surface area contributed by atoms with Crippen LogP contribution in [0.5, 0.6) is 5.75 Å². The fourth-order valence-corrected chi connectivity index (χ4v) is 2.65. The van der Waals surface area contributed by atoms with Gasteiger partial charge in [0.15, 0.2) is 12.4 Å². The number of rotatable bonds is 6. The van der Waals surface area contributed by atoms with Crippen LogP contribution in [0.2, 0.25) is 0 Å². The van der Waals surface area contributed by atoms with E-state index in [2.05, 4.69) is 5.32 Å². The van der Waals surface area contributed by atoms with Crippen LogP contribution in [0.3, 0.4) is 0 Å². The molecule has 0 aliphatic carbocycles. The number of para-hydroxylation sites is 1. The molecule has 5 heteroatoms. The Bertz CT molecular complexity index is 622. The third-order valence-corrected chi connectivity index (χ3v) is 4.03. The Labute approximate surface area is 127 Å². The van der Waals surface area contributed by atoms with E-state index >= 15 is 0 Å². The summed E-state index contributed by atoms with van der Waals surface area (Å²) in [6, 6.07) is 10.8. The van der Waals surface area contributed by atoms with Gasteiger partial charge in [-0.1, -0.05) is 18.2 Å². The van der Waals surface area contributed by atoms with E-state index in [4.69, 9.17) is 4.74 Å². The zero-order valence-corrected chi connectivity index (χ0v) is 12.8. The first kappa shape index (κ1) is 15.3. The number of carbonyl (C=O) groups excluding carboxylic acids is 2. The number of nitrogens with one attached hydrogen (secondary N) is 1. The van der Waals surface area contributed by atoms with E-state index in [1.165, 1.54) is 6.92 Å². The standard InChI is InChI=1S/C16H17NO3S/c1-11(15-8-5-9-21-15)17-16(19)10-20-14-7-4-3-6-13(14)12(2)18/h3-9,11H,10H2,1-2H3,(H,17,19). The van der Waals surface area contributed by atoms with E-state index in [0.29, 0.717) is 11.3 Å². The molecule has 0 aliphatic heterocycles. The maximum absolute atomic E-state index is 11.9. The molecule has 0 saturated carbocycles. The Morgan fingerprint density at radius 2 is 2.00 bits per heavy atom. The normalized spacial score (nSPS) is 11.7. The van der Waals surface area contributed by atoms with Gasteiger partial charge in [-0.2, -0.15) is 0 Å². The van der Waals surface area contributed by atoms with Gasteiger partial charge in [-0.25, -0.2) is 0 Å². The molecule has 1 unspecified atom stereocenters.